The van der Waals surface area contributed by atoms with Gasteiger partial charge in [0.25, 0.3) is 5.91 Å². The molecule has 1 aromatic heterocycles. The maximum atomic E-state index is 11.5. The molecule has 0 unspecified atom stereocenters. The van der Waals surface area contributed by atoms with Gasteiger partial charge in [-0.25, -0.2) is 4.98 Å². The van der Waals surface area contributed by atoms with Crippen LogP contribution in [0.2, 0.25) is 0 Å². The Balaban J connectivity index is 1.65. The van der Waals surface area contributed by atoms with E-state index in [0.717, 1.165) is 27.6 Å². The van der Waals surface area contributed by atoms with Gasteiger partial charge in [0, 0.05) is 16.5 Å². The first-order valence-electron chi connectivity index (χ1n) is 7.40. The van der Waals surface area contributed by atoms with Gasteiger partial charge in [0.2, 0.25) is 0 Å². The smallest absolute Gasteiger partial charge is 0.262 e. The van der Waals surface area contributed by atoms with Crippen molar-refractivity contribution in [3.63, 3.8) is 0 Å². The Morgan fingerprint density at radius 1 is 1.17 bits per heavy atom. The highest BCUT2D eigenvalue weighted by Gasteiger charge is 2.17. The number of carbonyl (C=O) groups is 1. The third-order valence-electron chi connectivity index (χ3n) is 3.75. The maximum Gasteiger partial charge on any atom is 0.262 e. The number of anilines is 1. The number of nitrogens with zero attached hydrogens (tertiary/aromatic N) is 1. The molecule has 0 saturated carbocycles. The fraction of sp³-hybridized carbons (Fsp3) is 0.111. The Labute approximate surface area is 142 Å². The monoisotopic (exact) mass is 338 g/mol. The van der Waals surface area contributed by atoms with Gasteiger partial charge < -0.3 is 14.8 Å². The lowest BCUT2D eigenvalue weighted by Gasteiger charge is -2.18. The fourth-order valence-electron chi connectivity index (χ4n) is 2.52. The zero-order valence-electron chi connectivity index (χ0n) is 12.9. The molecule has 0 radical (unpaired) electrons. The first kappa shape index (κ1) is 14.7. The van der Waals surface area contributed by atoms with Crippen molar-refractivity contribution >= 4 is 22.9 Å². The number of fused-ring (bicyclic) bond motifs is 1. The van der Waals surface area contributed by atoms with Crippen molar-refractivity contribution in [2.24, 2.45) is 0 Å². The van der Waals surface area contributed by atoms with E-state index >= 15 is 0 Å². The zero-order chi connectivity index (χ0) is 16.5. The van der Waals surface area contributed by atoms with Crippen molar-refractivity contribution in [3.8, 4) is 33.3 Å². The van der Waals surface area contributed by atoms with Crippen LogP contribution >= 0.6 is 11.3 Å². The molecule has 1 N–H and O–H groups in total. The molecule has 4 rings (SSSR count). The Hall–Kier alpha value is -2.86. The molecule has 24 heavy (non-hydrogen) atoms. The summed E-state index contributed by atoms with van der Waals surface area (Å²) in [7, 11) is 1.65. The molecular formula is C18H14N2O3S. The van der Waals surface area contributed by atoms with Crippen molar-refractivity contribution in [3.05, 3.63) is 47.8 Å². The number of amides is 1. The van der Waals surface area contributed by atoms with Crippen LogP contribution in [0.4, 0.5) is 5.69 Å². The maximum absolute atomic E-state index is 11.5. The van der Waals surface area contributed by atoms with E-state index in [1.54, 1.807) is 18.4 Å². The molecule has 120 valence electrons. The number of aromatic nitrogens is 1. The minimum absolute atomic E-state index is 0.0607. The average Bonchev–Trinajstić information content (AvgIpc) is 3.11. The topological polar surface area (TPSA) is 60.5 Å². The lowest BCUT2D eigenvalue weighted by Crippen LogP contribution is -2.25. The summed E-state index contributed by atoms with van der Waals surface area (Å²) in [5.74, 6) is 1.36. The molecule has 2 aromatic carbocycles. The van der Waals surface area contributed by atoms with Crippen LogP contribution in [0.25, 0.3) is 21.8 Å². The molecule has 0 fully saturated rings. The largest absolute Gasteiger partial charge is 0.497 e. The molecule has 1 amide bonds. The minimum Gasteiger partial charge on any atom is -0.497 e. The molecular weight excluding hydrogens is 324 g/mol. The van der Waals surface area contributed by atoms with Gasteiger partial charge in [0.05, 0.1) is 18.5 Å². The van der Waals surface area contributed by atoms with Crippen LogP contribution in [0.15, 0.2) is 47.8 Å². The standard InChI is InChI=1S/C18H14N2O3S/c1-22-13-5-2-11(3-6-13)15-10-24-18(20-15)12-4-7-16-14(8-12)19-17(21)9-23-16/h2-8,10H,9H2,1H3,(H,19,21). The number of carbonyl (C=O) groups excluding carboxylic acids is 1. The van der Waals surface area contributed by atoms with Gasteiger partial charge in [-0.15, -0.1) is 11.3 Å². The fourth-order valence-corrected chi connectivity index (χ4v) is 3.34. The van der Waals surface area contributed by atoms with Crippen LogP contribution in [-0.2, 0) is 4.79 Å². The zero-order valence-corrected chi connectivity index (χ0v) is 13.7. The summed E-state index contributed by atoms with van der Waals surface area (Å²) in [5, 5.41) is 5.73. The van der Waals surface area contributed by atoms with E-state index in [4.69, 9.17) is 14.5 Å². The molecule has 0 atom stereocenters. The third kappa shape index (κ3) is 2.72. The van der Waals surface area contributed by atoms with E-state index < -0.39 is 0 Å². The van der Waals surface area contributed by atoms with Crippen molar-refractivity contribution < 1.29 is 14.3 Å². The van der Waals surface area contributed by atoms with Gasteiger partial charge in [-0.05, 0) is 42.5 Å². The molecule has 1 aliphatic rings. The lowest BCUT2D eigenvalue weighted by atomic mass is 10.1. The second kappa shape index (κ2) is 5.98. The SMILES string of the molecule is COc1ccc(-c2csc(-c3ccc4c(c3)NC(=O)CO4)n2)cc1. The number of methoxy groups -OCH3 is 1. The van der Waals surface area contributed by atoms with Crippen molar-refractivity contribution in [2.75, 3.05) is 19.0 Å². The average molecular weight is 338 g/mol. The summed E-state index contributed by atoms with van der Waals surface area (Å²) in [4.78, 5) is 16.2. The Morgan fingerprint density at radius 3 is 2.75 bits per heavy atom. The van der Waals surface area contributed by atoms with Crippen molar-refractivity contribution in [1.82, 2.24) is 4.98 Å². The van der Waals surface area contributed by atoms with Crippen LogP contribution in [-0.4, -0.2) is 24.6 Å². The first-order valence-corrected chi connectivity index (χ1v) is 8.28. The summed E-state index contributed by atoms with van der Waals surface area (Å²) < 4.78 is 10.6. The summed E-state index contributed by atoms with van der Waals surface area (Å²) in [5.41, 5.74) is 3.58. The van der Waals surface area contributed by atoms with Gasteiger partial charge in [0.15, 0.2) is 6.61 Å². The Kier molecular flexibility index (Phi) is 3.66. The summed E-state index contributed by atoms with van der Waals surface area (Å²) in [6.07, 6.45) is 0. The summed E-state index contributed by atoms with van der Waals surface area (Å²) in [6, 6.07) is 13.5. The number of ether oxygens (including phenoxy) is 2. The minimum atomic E-state index is -0.141. The number of hydrogen-bond acceptors (Lipinski definition) is 5. The van der Waals surface area contributed by atoms with E-state index in [1.165, 1.54) is 0 Å². The van der Waals surface area contributed by atoms with Gasteiger partial charge in [0.1, 0.15) is 16.5 Å². The highest BCUT2D eigenvalue weighted by Crippen LogP contribution is 2.35. The second-order valence-electron chi connectivity index (χ2n) is 5.31. The van der Waals surface area contributed by atoms with Gasteiger partial charge >= 0.3 is 0 Å². The normalized spacial score (nSPS) is 13.0. The van der Waals surface area contributed by atoms with Crippen molar-refractivity contribution in [2.45, 2.75) is 0 Å². The molecule has 0 bridgehead atoms. The molecule has 1 aliphatic heterocycles. The quantitative estimate of drug-likeness (QED) is 0.789. The second-order valence-corrected chi connectivity index (χ2v) is 6.17. The number of rotatable bonds is 3. The number of benzene rings is 2. The van der Waals surface area contributed by atoms with Gasteiger partial charge in [-0.3, -0.25) is 4.79 Å². The molecule has 0 saturated heterocycles. The highest BCUT2D eigenvalue weighted by atomic mass is 32.1. The van der Waals surface area contributed by atoms with E-state index in [9.17, 15) is 4.79 Å². The molecule has 3 aromatic rings. The Morgan fingerprint density at radius 2 is 1.96 bits per heavy atom. The van der Waals surface area contributed by atoms with Crippen LogP contribution in [0.1, 0.15) is 0 Å². The first-order chi connectivity index (χ1) is 11.7. The van der Waals surface area contributed by atoms with E-state index in [-0.39, 0.29) is 12.5 Å². The number of thiazole rings is 1. The predicted octanol–water partition coefficient (Wildman–Crippen LogP) is 3.82. The molecule has 0 spiro atoms. The van der Waals surface area contributed by atoms with Crippen LogP contribution in [0, 0.1) is 0 Å². The number of hydrogen-bond donors (Lipinski definition) is 1. The number of nitrogens with one attached hydrogen (secondary N) is 1. The van der Waals surface area contributed by atoms with E-state index in [1.807, 2.05) is 47.8 Å². The molecule has 5 nitrogen and oxygen atoms in total. The van der Waals surface area contributed by atoms with Gasteiger partial charge in [-0.1, -0.05) is 0 Å². The predicted molar refractivity (Wildman–Crippen MR) is 93.7 cm³/mol. The van der Waals surface area contributed by atoms with Crippen LogP contribution < -0.4 is 14.8 Å². The highest BCUT2D eigenvalue weighted by molar-refractivity contribution is 7.13. The van der Waals surface area contributed by atoms with Crippen LogP contribution in [0.5, 0.6) is 11.5 Å². The Bertz CT molecular complexity index is 903. The van der Waals surface area contributed by atoms with Crippen molar-refractivity contribution in [1.29, 1.82) is 0 Å². The molecule has 6 heteroatoms. The van der Waals surface area contributed by atoms with Gasteiger partial charge in [-0.2, -0.15) is 0 Å². The third-order valence-corrected chi connectivity index (χ3v) is 4.64. The molecule has 0 aliphatic carbocycles. The summed E-state index contributed by atoms with van der Waals surface area (Å²) in [6.45, 7) is 0.0607. The van der Waals surface area contributed by atoms with E-state index in [2.05, 4.69) is 5.32 Å². The van der Waals surface area contributed by atoms with E-state index in [0.29, 0.717) is 11.4 Å². The summed E-state index contributed by atoms with van der Waals surface area (Å²) >= 11 is 1.56. The molecule has 2 heterocycles. The van der Waals surface area contributed by atoms with Crippen LogP contribution in [0.3, 0.4) is 0 Å². The lowest BCUT2D eigenvalue weighted by molar-refractivity contribution is -0.118.